The first-order chi connectivity index (χ1) is 9.58. The largest absolute Gasteiger partial charge is 0.507 e. The lowest BCUT2D eigenvalue weighted by atomic mass is 9.87. The number of rotatable bonds is 1. The Hall–Kier alpha value is -2.56. The molecule has 1 unspecified atom stereocenters. The minimum Gasteiger partial charge on any atom is -0.507 e. The lowest BCUT2D eigenvalue weighted by Crippen LogP contribution is -2.39. The van der Waals surface area contributed by atoms with Gasteiger partial charge in [0.05, 0.1) is 5.92 Å². The zero-order valence-electron chi connectivity index (χ0n) is 10.6. The highest BCUT2D eigenvalue weighted by molar-refractivity contribution is 6.03. The van der Waals surface area contributed by atoms with Gasteiger partial charge in [0.1, 0.15) is 11.5 Å². The molecule has 1 fully saturated rings. The van der Waals surface area contributed by atoms with Crippen molar-refractivity contribution in [2.45, 2.75) is 18.8 Å². The molecule has 5 nitrogen and oxygen atoms in total. The lowest BCUT2D eigenvalue weighted by Gasteiger charge is -2.23. The number of hydrogen-bond donors (Lipinski definition) is 3. The molecule has 5 heteroatoms. The molecular weight excluding hydrogens is 258 g/mol. The molecule has 0 radical (unpaired) electrons. The molecule has 2 aromatic rings. The number of aromatic hydroxyl groups is 2. The number of fused-ring (bicyclic) bond motifs is 1. The third kappa shape index (κ3) is 1.87. The SMILES string of the molecule is O=C1CCC(c2c(O)cc3ccccc3c2O)C(=O)N1. The van der Waals surface area contributed by atoms with E-state index in [9.17, 15) is 19.8 Å². The van der Waals surface area contributed by atoms with E-state index in [1.807, 2.05) is 0 Å². The summed E-state index contributed by atoms with van der Waals surface area (Å²) >= 11 is 0. The van der Waals surface area contributed by atoms with Gasteiger partial charge in [-0.2, -0.15) is 0 Å². The number of amides is 2. The molecule has 3 rings (SSSR count). The Bertz CT molecular complexity index is 723. The highest BCUT2D eigenvalue weighted by Crippen LogP contribution is 2.42. The summed E-state index contributed by atoms with van der Waals surface area (Å²) in [6, 6.07) is 8.58. The van der Waals surface area contributed by atoms with Crippen molar-refractivity contribution in [1.82, 2.24) is 5.32 Å². The number of phenols is 2. The van der Waals surface area contributed by atoms with Crippen molar-refractivity contribution >= 4 is 22.6 Å². The molecule has 0 aromatic heterocycles. The Morgan fingerprint density at radius 3 is 2.65 bits per heavy atom. The van der Waals surface area contributed by atoms with Gasteiger partial charge in [-0.1, -0.05) is 24.3 Å². The smallest absolute Gasteiger partial charge is 0.234 e. The minimum absolute atomic E-state index is 0.102. The van der Waals surface area contributed by atoms with Crippen LogP contribution in [-0.4, -0.2) is 22.0 Å². The van der Waals surface area contributed by atoms with Gasteiger partial charge in [-0.15, -0.1) is 0 Å². The number of carbonyl (C=O) groups is 2. The second kappa shape index (κ2) is 4.52. The van der Waals surface area contributed by atoms with E-state index in [-0.39, 0.29) is 35.8 Å². The van der Waals surface area contributed by atoms with Crippen molar-refractivity contribution in [3.05, 3.63) is 35.9 Å². The Morgan fingerprint density at radius 1 is 1.15 bits per heavy atom. The third-order valence-electron chi connectivity index (χ3n) is 3.63. The molecule has 0 aliphatic carbocycles. The van der Waals surface area contributed by atoms with Crippen molar-refractivity contribution < 1.29 is 19.8 Å². The predicted molar refractivity (Wildman–Crippen MR) is 72.4 cm³/mol. The van der Waals surface area contributed by atoms with Crippen LogP contribution in [-0.2, 0) is 9.59 Å². The number of benzene rings is 2. The van der Waals surface area contributed by atoms with Crippen LogP contribution in [0.15, 0.2) is 30.3 Å². The number of hydrogen-bond acceptors (Lipinski definition) is 4. The molecule has 20 heavy (non-hydrogen) atoms. The number of imide groups is 1. The molecule has 0 saturated carbocycles. The van der Waals surface area contributed by atoms with Gasteiger partial charge < -0.3 is 10.2 Å². The van der Waals surface area contributed by atoms with Crippen LogP contribution in [0.5, 0.6) is 11.5 Å². The van der Waals surface area contributed by atoms with Gasteiger partial charge in [0.15, 0.2) is 0 Å². The molecule has 1 aliphatic heterocycles. The number of phenolic OH excluding ortho intramolecular Hbond substituents is 2. The second-order valence-corrected chi connectivity index (χ2v) is 4.88. The molecule has 3 N–H and O–H groups in total. The normalized spacial score (nSPS) is 19.1. The molecule has 2 aromatic carbocycles. The van der Waals surface area contributed by atoms with Gasteiger partial charge in [-0.3, -0.25) is 14.9 Å². The molecule has 0 bridgehead atoms. The molecule has 1 atom stereocenters. The van der Waals surface area contributed by atoms with Crippen LogP contribution in [0.4, 0.5) is 0 Å². The maximum atomic E-state index is 11.9. The van der Waals surface area contributed by atoms with Crippen LogP contribution < -0.4 is 5.32 Å². The van der Waals surface area contributed by atoms with Crippen molar-refractivity contribution in [3.63, 3.8) is 0 Å². The minimum atomic E-state index is -0.711. The van der Waals surface area contributed by atoms with E-state index in [0.717, 1.165) is 0 Å². The van der Waals surface area contributed by atoms with Crippen LogP contribution >= 0.6 is 0 Å². The monoisotopic (exact) mass is 271 g/mol. The highest BCUT2D eigenvalue weighted by atomic mass is 16.3. The first kappa shape index (κ1) is 12.5. The van der Waals surface area contributed by atoms with Crippen molar-refractivity contribution in [1.29, 1.82) is 0 Å². The summed E-state index contributed by atoms with van der Waals surface area (Å²) in [5.74, 6) is -1.75. The molecule has 1 heterocycles. The number of carbonyl (C=O) groups excluding carboxylic acids is 2. The fourth-order valence-electron chi connectivity index (χ4n) is 2.64. The van der Waals surface area contributed by atoms with E-state index in [1.165, 1.54) is 6.07 Å². The zero-order valence-corrected chi connectivity index (χ0v) is 10.6. The van der Waals surface area contributed by atoms with E-state index in [4.69, 9.17) is 0 Å². The fourth-order valence-corrected chi connectivity index (χ4v) is 2.64. The molecule has 0 spiro atoms. The average Bonchev–Trinajstić information content (AvgIpc) is 2.41. The van der Waals surface area contributed by atoms with Gasteiger partial charge in [-0.25, -0.2) is 0 Å². The Kier molecular flexibility index (Phi) is 2.82. The Morgan fingerprint density at radius 2 is 1.90 bits per heavy atom. The first-order valence-corrected chi connectivity index (χ1v) is 6.35. The second-order valence-electron chi connectivity index (χ2n) is 4.88. The van der Waals surface area contributed by atoms with Crippen molar-refractivity contribution in [3.8, 4) is 11.5 Å². The zero-order chi connectivity index (χ0) is 14.3. The molecule has 2 amide bonds. The maximum Gasteiger partial charge on any atom is 0.234 e. The molecule has 102 valence electrons. The van der Waals surface area contributed by atoms with Gasteiger partial charge in [0.2, 0.25) is 11.8 Å². The van der Waals surface area contributed by atoms with Crippen LogP contribution in [0.3, 0.4) is 0 Å². The summed E-state index contributed by atoms with van der Waals surface area (Å²) in [7, 11) is 0. The van der Waals surface area contributed by atoms with Crippen molar-refractivity contribution in [2.24, 2.45) is 0 Å². The van der Waals surface area contributed by atoms with Gasteiger partial charge >= 0.3 is 0 Å². The summed E-state index contributed by atoms with van der Waals surface area (Å²) in [6.45, 7) is 0. The van der Waals surface area contributed by atoms with E-state index < -0.39 is 11.8 Å². The quantitative estimate of drug-likeness (QED) is 0.690. The fraction of sp³-hybridized carbons (Fsp3) is 0.200. The maximum absolute atomic E-state index is 11.9. The number of piperidine rings is 1. The highest BCUT2D eigenvalue weighted by Gasteiger charge is 2.32. The van der Waals surface area contributed by atoms with Crippen molar-refractivity contribution in [2.75, 3.05) is 0 Å². The summed E-state index contributed by atoms with van der Waals surface area (Å²) in [6.07, 6.45) is 0.478. The standard InChI is InChI=1S/C15H13NO4/c17-11-7-8-3-1-2-4-9(8)14(19)13(11)10-5-6-12(18)16-15(10)20/h1-4,7,10,17,19H,5-6H2,(H,16,18,20). The van der Waals surface area contributed by atoms with Crippen LogP contribution in [0, 0.1) is 0 Å². The molecule has 1 aliphatic rings. The van der Waals surface area contributed by atoms with Gasteiger partial charge in [0, 0.05) is 17.4 Å². The number of nitrogens with one attached hydrogen (secondary N) is 1. The van der Waals surface area contributed by atoms with E-state index in [1.54, 1.807) is 24.3 Å². The Labute approximate surface area is 114 Å². The summed E-state index contributed by atoms with van der Waals surface area (Å²) in [5, 5.41) is 23.9. The summed E-state index contributed by atoms with van der Waals surface area (Å²) in [5.41, 5.74) is 0.189. The topological polar surface area (TPSA) is 86.6 Å². The van der Waals surface area contributed by atoms with Crippen LogP contribution in [0.25, 0.3) is 10.8 Å². The third-order valence-corrected chi connectivity index (χ3v) is 3.63. The van der Waals surface area contributed by atoms with E-state index in [2.05, 4.69) is 5.32 Å². The van der Waals surface area contributed by atoms with Crippen LogP contribution in [0.1, 0.15) is 24.3 Å². The van der Waals surface area contributed by atoms with E-state index in [0.29, 0.717) is 10.8 Å². The predicted octanol–water partition coefficient (Wildman–Crippen LogP) is 1.77. The molecule has 1 saturated heterocycles. The van der Waals surface area contributed by atoms with E-state index >= 15 is 0 Å². The average molecular weight is 271 g/mol. The summed E-state index contributed by atoms with van der Waals surface area (Å²) in [4.78, 5) is 23.1. The van der Waals surface area contributed by atoms with Gasteiger partial charge in [-0.05, 0) is 17.9 Å². The van der Waals surface area contributed by atoms with Crippen LogP contribution in [0.2, 0.25) is 0 Å². The first-order valence-electron chi connectivity index (χ1n) is 6.35. The Balaban J connectivity index is 2.16. The van der Waals surface area contributed by atoms with Gasteiger partial charge in [0.25, 0.3) is 0 Å². The summed E-state index contributed by atoms with van der Waals surface area (Å²) < 4.78 is 0. The molecular formula is C15H13NO4. The lowest BCUT2D eigenvalue weighted by molar-refractivity contribution is -0.134.